The molecule has 0 atom stereocenters. The lowest BCUT2D eigenvalue weighted by Gasteiger charge is -2.22. The molecule has 20 heavy (non-hydrogen) atoms. The van der Waals surface area contributed by atoms with Crippen molar-refractivity contribution in [3.05, 3.63) is 62.9 Å². The van der Waals surface area contributed by atoms with E-state index >= 15 is 0 Å². The van der Waals surface area contributed by atoms with Gasteiger partial charge in [-0.05, 0) is 30.2 Å². The Bertz CT molecular complexity index is 899. The summed E-state index contributed by atoms with van der Waals surface area (Å²) in [5.41, 5.74) is 3.12. The molecule has 1 aliphatic heterocycles. The van der Waals surface area contributed by atoms with Crippen molar-refractivity contribution in [2.24, 2.45) is 0 Å². The summed E-state index contributed by atoms with van der Waals surface area (Å²) in [6.07, 6.45) is 0.968. The minimum Gasteiger partial charge on any atom is -0.325 e. The molecule has 1 aliphatic rings. The van der Waals surface area contributed by atoms with Gasteiger partial charge in [-0.15, -0.1) is 0 Å². The van der Waals surface area contributed by atoms with Crippen LogP contribution in [0.1, 0.15) is 5.56 Å². The zero-order valence-electron chi connectivity index (χ0n) is 10.6. The van der Waals surface area contributed by atoms with Crippen molar-refractivity contribution in [1.29, 1.82) is 0 Å². The van der Waals surface area contributed by atoms with Gasteiger partial charge in [0.1, 0.15) is 5.82 Å². The van der Waals surface area contributed by atoms with E-state index in [-0.39, 0.29) is 5.56 Å². The van der Waals surface area contributed by atoms with E-state index in [0.717, 1.165) is 34.3 Å². The molecular formula is C16H11BrN2O. The van der Waals surface area contributed by atoms with E-state index in [1.54, 1.807) is 0 Å². The molecule has 2 heterocycles. The van der Waals surface area contributed by atoms with Crippen molar-refractivity contribution < 1.29 is 0 Å². The number of hydrogen-bond donors (Lipinski definition) is 0. The van der Waals surface area contributed by atoms with E-state index < -0.39 is 0 Å². The highest BCUT2D eigenvalue weighted by molar-refractivity contribution is 9.10. The summed E-state index contributed by atoms with van der Waals surface area (Å²) in [4.78, 5) is 16.5. The molecule has 3 aromatic rings. The van der Waals surface area contributed by atoms with Gasteiger partial charge in [-0.25, -0.2) is 0 Å². The van der Waals surface area contributed by atoms with Crippen molar-refractivity contribution in [2.75, 3.05) is 0 Å². The summed E-state index contributed by atoms with van der Waals surface area (Å²) < 4.78 is 3.12. The van der Waals surface area contributed by atoms with Crippen LogP contribution in [0.2, 0.25) is 0 Å². The Balaban J connectivity index is 2.15. The van der Waals surface area contributed by atoms with E-state index in [4.69, 9.17) is 0 Å². The first-order chi connectivity index (χ1) is 9.74. The van der Waals surface area contributed by atoms with Crippen molar-refractivity contribution in [1.82, 2.24) is 9.55 Å². The van der Waals surface area contributed by atoms with Crippen LogP contribution in [0.5, 0.6) is 0 Å². The summed E-state index contributed by atoms with van der Waals surface area (Å²) in [7, 11) is 0. The van der Waals surface area contributed by atoms with Gasteiger partial charge >= 0.3 is 0 Å². The van der Waals surface area contributed by atoms with Crippen LogP contribution in [0.4, 0.5) is 0 Å². The van der Waals surface area contributed by atoms with Crippen LogP contribution in [0, 0.1) is 0 Å². The second kappa shape index (κ2) is 4.28. The van der Waals surface area contributed by atoms with Crippen LogP contribution in [0.15, 0.2) is 51.7 Å². The van der Waals surface area contributed by atoms with Gasteiger partial charge in [0, 0.05) is 16.6 Å². The van der Waals surface area contributed by atoms with Crippen LogP contribution in [-0.4, -0.2) is 9.55 Å². The SMILES string of the molecule is O=c1nc2n(c3cc(Br)ccc13)CCc1ccccc1-2. The zero-order chi connectivity index (χ0) is 13.7. The number of halogens is 1. The molecule has 0 unspecified atom stereocenters. The number of aromatic nitrogens is 2. The minimum absolute atomic E-state index is 0.157. The Kier molecular flexibility index (Phi) is 2.54. The van der Waals surface area contributed by atoms with Gasteiger partial charge in [0.15, 0.2) is 0 Å². The van der Waals surface area contributed by atoms with Crippen LogP contribution in [0.25, 0.3) is 22.3 Å². The molecular weight excluding hydrogens is 316 g/mol. The van der Waals surface area contributed by atoms with E-state index in [2.05, 4.69) is 31.5 Å². The van der Waals surface area contributed by atoms with E-state index in [1.807, 2.05) is 36.4 Å². The third-order valence-corrected chi connectivity index (χ3v) is 4.30. The molecule has 0 amide bonds. The van der Waals surface area contributed by atoms with Crippen LogP contribution >= 0.6 is 15.9 Å². The fourth-order valence-corrected chi connectivity index (χ4v) is 3.21. The lowest BCUT2D eigenvalue weighted by atomic mass is 10.00. The standard InChI is InChI=1S/C16H11BrN2O/c17-11-5-6-13-14(9-11)19-8-7-10-3-1-2-4-12(10)15(19)18-16(13)20/h1-6,9H,7-8H2. The van der Waals surface area contributed by atoms with E-state index in [9.17, 15) is 4.79 Å². The van der Waals surface area contributed by atoms with Gasteiger partial charge in [0.05, 0.1) is 10.9 Å². The highest BCUT2D eigenvalue weighted by atomic mass is 79.9. The Hall–Kier alpha value is -1.94. The highest BCUT2D eigenvalue weighted by Crippen LogP contribution is 2.30. The topological polar surface area (TPSA) is 34.9 Å². The van der Waals surface area contributed by atoms with Crippen molar-refractivity contribution in [3.63, 3.8) is 0 Å². The number of fused-ring (bicyclic) bond motifs is 5. The number of nitrogens with zero attached hydrogens (tertiary/aromatic N) is 2. The van der Waals surface area contributed by atoms with Crippen LogP contribution in [-0.2, 0) is 13.0 Å². The monoisotopic (exact) mass is 326 g/mol. The average molecular weight is 327 g/mol. The maximum absolute atomic E-state index is 12.2. The number of rotatable bonds is 0. The smallest absolute Gasteiger partial charge is 0.281 e. The normalized spacial score (nSPS) is 13.1. The fourth-order valence-electron chi connectivity index (χ4n) is 2.86. The van der Waals surface area contributed by atoms with E-state index in [0.29, 0.717) is 5.39 Å². The quantitative estimate of drug-likeness (QED) is 0.634. The Morgan fingerprint density at radius 1 is 1.15 bits per heavy atom. The number of hydrogen-bond acceptors (Lipinski definition) is 2. The maximum atomic E-state index is 12.2. The highest BCUT2D eigenvalue weighted by Gasteiger charge is 2.19. The van der Waals surface area contributed by atoms with Gasteiger partial charge in [-0.3, -0.25) is 4.79 Å². The Labute approximate surface area is 124 Å². The van der Waals surface area contributed by atoms with Gasteiger partial charge in [-0.2, -0.15) is 4.98 Å². The molecule has 4 rings (SSSR count). The average Bonchev–Trinajstić information content (AvgIpc) is 2.47. The molecule has 3 nitrogen and oxygen atoms in total. The lowest BCUT2D eigenvalue weighted by Crippen LogP contribution is -2.21. The molecule has 0 saturated heterocycles. The minimum atomic E-state index is -0.157. The summed E-state index contributed by atoms with van der Waals surface area (Å²) in [5, 5.41) is 0.677. The molecule has 98 valence electrons. The molecule has 0 aliphatic carbocycles. The van der Waals surface area contributed by atoms with Crippen molar-refractivity contribution in [2.45, 2.75) is 13.0 Å². The first-order valence-electron chi connectivity index (χ1n) is 6.52. The maximum Gasteiger partial charge on any atom is 0.281 e. The Morgan fingerprint density at radius 3 is 2.90 bits per heavy atom. The summed E-state index contributed by atoms with van der Waals surface area (Å²) in [6.45, 7) is 0.854. The molecule has 0 saturated carbocycles. The number of aryl methyl sites for hydroxylation is 2. The fraction of sp³-hybridized carbons (Fsp3) is 0.125. The van der Waals surface area contributed by atoms with Crippen molar-refractivity contribution >= 4 is 26.8 Å². The molecule has 1 aromatic heterocycles. The molecule has 0 spiro atoms. The second-order valence-electron chi connectivity index (χ2n) is 4.96. The molecule has 0 N–H and O–H groups in total. The third-order valence-electron chi connectivity index (χ3n) is 3.81. The largest absolute Gasteiger partial charge is 0.325 e. The van der Waals surface area contributed by atoms with Crippen LogP contribution < -0.4 is 5.56 Å². The molecule has 0 radical (unpaired) electrons. The van der Waals surface area contributed by atoms with Gasteiger partial charge in [0.25, 0.3) is 5.56 Å². The van der Waals surface area contributed by atoms with Gasteiger partial charge in [-0.1, -0.05) is 40.2 Å². The molecule has 2 aromatic carbocycles. The number of benzene rings is 2. The summed E-state index contributed by atoms with van der Waals surface area (Å²) >= 11 is 3.48. The lowest BCUT2D eigenvalue weighted by molar-refractivity contribution is 0.688. The summed E-state index contributed by atoms with van der Waals surface area (Å²) in [5.74, 6) is 0.780. The second-order valence-corrected chi connectivity index (χ2v) is 5.88. The van der Waals surface area contributed by atoms with Crippen molar-refractivity contribution in [3.8, 4) is 11.4 Å². The first kappa shape index (κ1) is 11.9. The van der Waals surface area contributed by atoms with E-state index in [1.165, 1.54) is 5.56 Å². The predicted molar refractivity (Wildman–Crippen MR) is 82.8 cm³/mol. The first-order valence-corrected chi connectivity index (χ1v) is 7.32. The predicted octanol–water partition coefficient (Wildman–Crippen LogP) is 3.38. The van der Waals surface area contributed by atoms with Gasteiger partial charge < -0.3 is 4.57 Å². The molecule has 4 heteroatoms. The van der Waals surface area contributed by atoms with Crippen LogP contribution in [0.3, 0.4) is 0 Å². The van der Waals surface area contributed by atoms with Gasteiger partial charge in [0.2, 0.25) is 0 Å². The Morgan fingerprint density at radius 2 is 2.00 bits per heavy atom. The summed E-state index contributed by atoms with van der Waals surface area (Å²) in [6, 6.07) is 13.9. The molecule has 0 fully saturated rings. The third kappa shape index (κ3) is 1.64. The zero-order valence-corrected chi connectivity index (χ0v) is 12.2. The molecule has 0 bridgehead atoms.